The van der Waals surface area contributed by atoms with E-state index in [1.54, 1.807) is 6.92 Å². The number of amides is 1. The molecule has 0 unspecified atom stereocenters. The topological polar surface area (TPSA) is 89.0 Å². The third kappa shape index (κ3) is 9.26. The molecule has 1 saturated heterocycles. The smallest absolute Gasteiger partial charge is 0.251 e. The SMILES string of the molecule is CCN(c1cc(C#CCN2CCOCC2)cc(C(=O)NC/C(C=O)=C(\C)CC(C)=N)c1C)C1CCC(N(C)C)CC1. The van der Waals surface area contributed by atoms with Crippen LogP contribution in [0.5, 0.6) is 0 Å². The maximum Gasteiger partial charge on any atom is 0.251 e. The van der Waals surface area contributed by atoms with E-state index in [1.165, 1.54) is 0 Å². The van der Waals surface area contributed by atoms with E-state index >= 15 is 0 Å². The zero-order valence-electron chi connectivity index (χ0n) is 25.9. The van der Waals surface area contributed by atoms with Gasteiger partial charge in [0, 0.05) is 72.8 Å². The highest BCUT2D eigenvalue weighted by atomic mass is 16.5. The van der Waals surface area contributed by atoms with Gasteiger partial charge in [0.1, 0.15) is 6.29 Å². The third-order valence-electron chi connectivity index (χ3n) is 8.41. The molecule has 1 heterocycles. The van der Waals surface area contributed by atoms with Crippen LogP contribution in [0.1, 0.15) is 74.4 Å². The fourth-order valence-electron chi connectivity index (χ4n) is 5.90. The van der Waals surface area contributed by atoms with E-state index in [0.29, 0.717) is 41.9 Å². The molecular weight excluding hydrogens is 514 g/mol. The average Bonchev–Trinajstić information content (AvgIpc) is 2.95. The van der Waals surface area contributed by atoms with Crippen LogP contribution in [0.15, 0.2) is 23.3 Å². The van der Waals surface area contributed by atoms with Crippen molar-refractivity contribution in [1.82, 2.24) is 15.1 Å². The van der Waals surface area contributed by atoms with Gasteiger partial charge in [0.2, 0.25) is 0 Å². The van der Waals surface area contributed by atoms with E-state index < -0.39 is 0 Å². The molecule has 2 N–H and O–H groups in total. The van der Waals surface area contributed by atoms with E-state index in [-0.39, 0.29) is 12.5 Å². The summed E-state index contributed by atoms with van der Waals surface area (Å²) in [6, 6.07) is 5.06. The maximum atomic E-state index is 13.6. The van der Waals surface area contributed by atoms with Crippen LogP contribution in [0.25, 0.3) is 0 Å². The number of morpholine rings is 1. The lowest BCUT2D eigenvalue weighted by Crippen LogP contribution is -2.42. The number of ether oxygens (including phenoxy) is 1. The summed E-state index contributed by atoms with van der Waals surface area (Å²) in [6.45, 7) is 12.6. The normalized spacial score (nSPS) is 20.1. The minimum Gasteiger partial charge on any atom is -0.379 e. The number of allylic oxidation sites excluding steroid dienone is 1. The highest BCUT2D eigenvalue weighted by Crippen LogP contribution is 2.33. The molecule has 8 nitrogen and oxygen atoms in total. The molecule has 2 aliphatic rings. The van der Waals surface area contributed by atoms with Crippen molar-refractivity contribution in [3.8, 4) is 11.8 Å². The number of nitrogens with zero attached hydrogens (tertiary/aromatic N) is 3. The van der Waals surface area contributed by atoms with E-state index in [1.807, 2.05) is 19.9 Å². The Labute approximate surface area is 247 Å². The zero-order chi connectivity index (χ0) is 29.9. The number of carbonyl (C=O) groups excluding carboxylic acids is 2. The van der Waals surface area contributed by atoms with Crippen LogP contribution in [-0.4, -0.2) is 99.8 Å². The third-order valence-corrected chi connectivity index (χ3v) is 8.41. The standard InChI is InChI=1S/C33H49N5O3/c1-7-38(30-12-10-29(11-13-30)36(5)6)32-21-27(9-8-14-37-15-17-41-18-16-37)20-31(26(32)4)33(40)35-22-28(23-39)24(2)19-25(3)34/h20-21,23,29-30,34H,7,10-19,22H2,1-6H3,(H,35,40)/b28-24-,34-25?. The summed E-state index contributed by atoms with van der Waals surface area (Å²) in [4.78, 5) is 32.4. The predicted molar refractivity (Wildman–Crippen MR) is 167 cm³/mol. The van der Waals surface area contributed by atoms with Crippen molar-refractivity contribution < 1.29 is 14.3 Å². The molecule has 1 aliphatic heterocycles. The molecule has 1 aromatic rings. The van der Waals surface area contributed by atoms with E-state index in [2.05, 4.69) is 58.9 Å². The van der Waals surface area contributed by atoms with Crippen LogP contribution >= 0.6 is 0 Å². The van der Waals surface area contributed by atoms with E-state index in [4.69, 9.17) is 10.1 Å². The van der Waals surface area contributed by atoms with Gasteiger partial charge in [-0.25, -0.2) is 0 Å². The van der Waals surface area contributed by atoms with Crippen molar-refractivity contribution in [2.75, 3.05) is 64.9 Å². The Morgan fingerprint density at radius 3 is 2.39 bits per heavy atom. The van der Waals surface area contributed by atoms with Crippen molar-refractivity contribution in [3.63, 3.8) is 0 Å². The second kappa shape index (κ2) is 15.9. The zero-order valence-corrected chi connectivity index (χ0v) is 25.9. The van der Waals surface area contributed by atoms with Gasteiger partial charge in [-0.15, -0.1) is 0 Å². The first-order valence-electron chi connectivity index (χ1n) is 15.0. The van der Waals surface area contributed by atoms with E-state index in [0.717, 1.165) is 87.2 Å². The van der Waals surface area contributed by atoms with Crippen molar-refractivity contribution in [3.05, 3.63) is 40.0 Å². The molecule has 0 atom stereocenters. The molecule has 224 valence electrons. The van der Waals surface area contributed by atoms with Gasteiger partial charge in [-0.3, -0.25) is 14.5 Å². The van der Waals surface area contributed by atoms with Crippen molar-refractivity contribution in [2.45, 2.75) is 71.9 Å². The Bertz CT molecular complexity index is 1170. The summed E-state index contributed by atoms with van der Waals surface area (Å²) in [5.74, 6) is 6.45. The number of carbonyl (C=O) groups is 2. The fourth-order valence-corrected chi connectivity index (χ4v) is 5.90. The predicted octanol–water partition coefficient (Wildman–Crippen LogP) is 4.05. The fraction of sp³-hybridized carbons (Fsp3) is 0.606. The van der Waals surface area contributed by atoms with Crippen molar-refractivity contribution >= 4 is 23.6 Å². The quantitative estimate of drug-likeness (QED) is 0.183. The molecule has 1 amide bonds. The summed E-state index contributed by atoms with van der Waals surface area (Å²) in [5.41, 5.74) is 5.20. The molecule has 41 heavy (non-hydrogen) atoms. The highest BCUT2D eigenvalue weighted by Gasteiger charge is 2.28. The van der Waals surface area contributed by atoms with Crippen LogP contribution in [-0.2, 0) is 9.53 Å². The molecule has 0 spiro atoms. The number of hydrogen-bond donors (Lipinski definition) is 2. The highest BCUT2D eigenvalue weighted by molar-refractivity contribution is 5.98. The van der Waals surface area contributed by atoms with Crippen LogP contribution < -0.4 is 10.2 Å². The van der Waals surface area contributed by atoms with Gasteiger partial charge in [0.25, 0.3) is 5.91 Å². The van der Waals surface area contributed by atoms with Crippen molar-refractivity contribution in [1.29, 1.82) is 5.41 Å². The van der Waals surface area contributed by atoms with Gasteiger partial charge in [-0.05, 0) is 85.2 Å². The Hall–Kier alpha value is -2.99. The summed E-state index contributed by atoms with van der Waals surface area (Å²) >= 11 is 0. The second-order valence-corrected chi connectivity index (χ2v) is 11.6. The Kier molecular flexibility index (Phi) is 12.6. The number of hydrogen-bond acceptors (Lipinski definition) is 7. The molecule has 0 bridgehead atoms. The Balaban J connectivity index is 1.91. The molecular formula is C33H49N5O3. The largest absolute Gasteiger partial charge is 0.379 e. The van der Waals surface area contributed by atoms with Crippen LogP contribution in [0.3, 0.4) is 0 Å². The monoisotopic (exact) mass is 563 g/mol. The maximum absolute atomic E-state index is 13.6. The van der Waals surface area contributed by atoms with Gasteiger partial charge in [0.15, 0.2) is 0 Å². The first-order chi connectivity index (χ1) is 19.6. The molecule has 1 aromatic carbocycles. The Morgan fingerprint density at radius 1 is 1.15 bits per heavy atom. The molecule has 0 aromatic heterocycles. The van der Waals surface area contributed by atoms with Crippen LogP contribution in [0, 0.1) is 24.2 Å². The number of aldehydes is 1. The lowest BCUT2D eigenvalue weighted by Gasteiger charge is -2.40. The molecule has 1 aliphatic carbocycles. The van der Waals surface area contributed by atoms with Gasteiger partial charge in [0.05, 0.1) is 19.8 Å². The number of benzene rings is 1. The first kappa shape index (κ1) is 32.5. The first-order valence-corrected chi connectivity index (χ1v) is 15.0. The number of rotatable bonds is 11. The summed E-state index contributed by atoms with van der Waals surface area (Å²) in [5, 5.41) is 10.7. The minimum atomic E-state index is -0.216. The van der Waals surface area contributed by atoms with E-state index in [9.17, 15) is 9.59 Å². The van der Waals surface area contributed by atoms with Crippen LogP contribution in [0.2, 0.25) is 0 Å². The molecule has 1 saturated carbocycles. The lowest BCUT2D eigenvalue weighted by molar-refractivity contribution is -0.105. The lowest BCUT2D eigenvalue weighted by atomic mass is 9.88. The van der Waals surface area contributed by atoms with Gasteiger partial charge >= 0.3 is 0 Å². The number of anilines is 1. The second-order valence-electron chi connectivity index (χ2n) is 11.6. The Morgan fingerprint density at radius 2 is 1.80 bits per heavy atom. The number of nitrogens with one attached hydrogen (secondary N) is 2. The van der Waals surface area contributed by atoms with Gasteiger partial charge in [-0.1, -0.05) is 17.4 Å². The summed E-state index contributed by atoms with van der Waals surface area (Å²) in [6.07, 6.45) is 5.76. The molecule has 0 radical (unpaired) electrons. The van der Waals surface area contributed by atoms with Crippen molar-refractivity contribution in [2.24, 2.45) is 0 Å². The minimum absolute atomic E-state index is 0.134. The summed E-state index contributed by atoms with van der Waals surface area (Å²) in [7, 11) is 4.32. The van der Waals surface area contributed by atoms with Gasteiger partial charge < -0.3 is 25.3 Å². The van der Waals surface area contributed by atoms with Gasteiger partial charge in [-0.2, -0.15) is 0 Å². The van der Waals surface area contributed by atoms with Crippen LogP contribution in [0.4, 0.5) is 5.69 Å². The molecule has 8 heteroatoms. The average molecular weight is 564 g/mol. The molecule has 2 fully saturated rings. The summed E-state index contributed by atoms with van der Waals surface area (Å²) < 4.78 is 5.45. The molecule has 3 rings (SSSR count).